The molecule has 2 aromatic carbocycles. The zero-order chi connectivity index (χ0) is 16.3. The standard InChI is InChI=1S/C15H14ClNO4S/c1-10(15(18)19)11-6-8-12(9-7-11)17-22(20,21)14-5-3-2-4-13(14)16/h2-10,17H,1H3,(H,18,19). The smallest absolute Gasteiger partial charge is 0.310 e. The van der Waals surface area contributed by atoms with Crippen LogP contribution in [0.1, 0.15) is 18.4 Å². The highest BCUT2D eigenvalue weighted by molar-refractivity contribution is 7.92. The van der Waals surface area contributed by atoms with Gasteiger partial charge in [0.25, 0.3) is 10.0 Å². The monoisotopic (exact) mass is 339 g/mol. The molecule has 22 heavy (non-hydrogen) atoms. The summed E-state index contributed by atoms with van der Waals surface area (Å²) in [4.78, 5) is 10.9. The zero-order valence-electron chi connectivity index (χ0n) is 11.7. The molecule has 0 aliphatic carbocycles. The minimum absolute atomic E-state index is 0.0142. The second kappa shape index (κ2) is 6.37. The average Bonchev–Trinajstić information content (AvgIpc) is 2.47. The maximum absolute atomic E-state index is 12.3. The van der Waals surface area contributed by atoms with Crippen LogP contribution in [0.4, 0.5) is 5.69 Å². The molecule has 1 atom stereocenters. The molecule has 0 aliphatic heterocycles. The molecule has 0 aromatic heterocycles. The summed E-state index contributed by atoms with van der Waals surface area (Å²) in [5, 5.41) is 9.07. The Morgan fingerprint density at radius 2 is 1.73 bits per heavy atom. The Balaban J connectivity index is 2.24. The molecule has 0 radical (unpaired) electrons. The molecular formula is C15H14ClNO4S. The van der Waals surface area contributed by atoms with E-state index in [9.17, 15) is 13.2 Å². The average molecular weight is 340 g/mol. The van der Waals surface area contributed by atoms with Crippen molar-refractivity contribution in [3.05, 3.63) is 59.1 Å². The van der Waals surface area contributed by atoms with Crippen molar-refractivity contribution in [2.45, 2.75) is 17.7 Å². The molecule has 7 heteroatoms. The molecule has 0 fully saturated rings. The van der Waals surface area contributed by atoms with Crippen LogP contribution in [0.5, 0.6) is 0 Å². The fourth-order valence-electron chi connectivity index (χ4n) is 1.86. The van der Waals surface area contributed by atoms with Crippen molar-refractivity contribution in [3.63, 3.8) is 0 Å². The van der Waals surface area contributed by atoms with Crippen LogP contribution in [0.25, 0.3) is 0 Å². The van der Waals surface area contributed by atoms with E-state index in [1.807, 2.05) is 0 Å². The van der Waals surface area contributed by atoms with Gasteiger partial charge in [0.2, 0.25) is 0 Å². The van der Waals surface area contributed by atoms with Crippen molar-refractivity contribution >= 4 is 33.3 Å². The van der Waals surface area contributed by atoms with Crippen LogP contribution in [-0.2, 0) is 14.8 Å². The first kappa shape index (κ1) is 16.3. The van der Waals surface area contributed by atoms with Crippen LogP contribution >= 0.6 is 11.6 Å². The Morgan fingerprint density at radius 1 is 1.14 bits per heavy atom. The first-order valence-electron chi connectivity index (χ1n) is 6.41. The molecule has 2 aromatic rings. The Morgan fingerprint density at radius 3 is 2.27 bits per heavy atom. The van der Waals surface area contributed by atoms with Gasteiger partial charge in [0, 0.05) is 5.69 Å². The second-order valence-electron chi connectivity index (χ2n) is 4.72. The summed E-state index contributed by atoms with van der Waals surface area (Å²) in [6, 6.07) is 12.3. The molecule has 0 saturated carbocycles. The van der Waals surface area contributed by atoms with E-state index >= 15 is 0 Å². The molecule has 1 unspecified atom stereocenters. The van der Waals surface area contributed by atoms with Gasteiger partial charge in [-0.25, -0.2) is 8.42 Å². The molecule has 5 nitrogen and oxygen atoms in total. The lowest BCUT2D eigenvalue weighted by Crippen LogP contribution is -2.13. The predicted octanol–water partition coefficient (Wildman–Crippen LogP) is 3.33. The number of hydrogen-bond donors (Lipinski definition) is 2. The number of nitrogens with one attached hydrogen (secondary N) is 1. The van der Waals surface area contributed by atoms with Crippen LogP contribution in [0, 0.1) is 0 Å². The third-order valence-electron chi connectivity index (χ3n) is 3.16. The Bertz CT molecular complexity index is 787. The number of sulfonamides is 1. The predicted molar refractivity (Wildman–Crippen MR) is 84.8 cm³/mol. The summed E-state index contributed by atoms with van der Waals surface area (Å²) in [5.74, 6) is -1.60. The lowest BCUT2D eigenvalue weighted by atomic mass is 10.0. The number of rotatable bonds is 5. The van der Waals surface area contributed by atoms with E-state index in [0.717, 1.165) is 0 Å². The van der Waals surface area contributed by atoms with Gasteiger partial charge in [0.1, 0.15) is 4.90 Å². The maximum Gasteiger partial charge on any atom is 0.310 e. The van der Waals surface area contributed by atoms with E-state index in [1.54, 1.807) is 31.2 Å². The van der Waals surface area contributed by atoms with Crippen LogP contribution in [0.2, 0.25) is 5.02 Å². The van der Waals surface area contributed by atoms with Gasteiger partial charge in [-0.1, -0.05) is 35.9 Å². The first-order valence-corrected chi connectivity index (χ1v) is 8.27. The summed E-state index contributed by atoms with van der Waals surface area (Å²) in [5.41, 5.74) is 0.925. The van der Waals surface area contributed by atoms with Gasteiger partial charge in [-0.05, 0) is 36.8 Å². The second-order valence-corrected chi connectivity index (χ2v) is 6.78. The Hall–Kier alpha value is -2.05. The van der Waals surface area contributed by atoms with Gasteiger partial charge in [-0.15, -0.1) is 0 Å². The highest BCUT2D eigenvalue weighted by atomic mass is 35.5. The molecule has 0 spiro atoms. The van der Waals surface area contributed by atoms with Crippen molar-refractivity contribution < 1.29 is 18.3 Å². The highest BCUT2D eigenvalue weighted by Gasteiger charge is 2.18. The van der Waals surface area contributed by atoms with Gasteiger partial charge >= 0.3 is 5.97 Å². The normalized spacial score (nSPS) is 12.6. The fraction of sp³-hybridized carbons (Fsp3) is 0.133. The molecule has 0 heterocycles. The van der Waals surface area contributed by atoms with Crippen molar-refractivity contribution in [2.24, 2.45) is 0 Å². The summed E-state index contributed by atoms with van der Waals surface area (Å²) < 4.78 is 26.9. The largest absolute Gasteiger partial charge is 0.481 e. The lowest BCUT2D eigenvalue weighted by Gasteiger charge is -2.11. The SMILES string of the molecule is CC(C(=O)O)c1ccc(NS(=O)(=O)c2ccccc2Cl)cc1. The van der Waals surface area contributed by atoms with Crippen molar-refractivity contribution in [3.8, 4) is 0 Å². The number of carbonyl (C=O) groups is 1. The Kier molecular flexibility index (Phi) is 4.73. The molecule has 0 saturated heterocycles. The van der Waals surface area contributed by atoms with E-state index in [-0.39, 0.29) is 9.92 Å². The summed E-state index contributed by atoms with van der Waals surface area (Å²) in [7, 11) is -3.79. The molecule has 116 valence electrons. The number of carboxylic acids is 1. The van der Waals surface area contributed by atoms with E-state index in [2.05, 4.69) is 4.72 Å². The summed E-state index contributed by atoms with van der Waals surface area (Å²) >= 11 is 5.89. The third-order valence-corrected chi connectivity index (χ3v) is 5.04. The van der Waals surface area contributed by atoms with Crippen LogP contribution in [-0.4, -0.2) is 19.5 Å². The molecule has 2 rings (SSSR count). The van der Waals surface area contributed by atoms with E-state index < -0.39 is 21.9 Å². The number of benzene rings is 2. The molecule has 2 N–H and O–H groups in total. The number of anilines is 1. The fourth-order valence-corrected chi connectivity index (χ4v) is 3.43. The molecular weight excluding hydrogens is 326 g/mol. The lowest BCUT2D eigenvalue weighted by molar-refractivity contribution is -0.138. The number of aliphatic carboxylic acids is 1. The van der Waals surface area contributed by atoms with Gasteiger partial charge in [-0.3, -0.25) is 9.52 Å². The van der Waals surface area contributed by atoms with Gasteiger partial charge in [0.15, 0.2) is 0 Å². The van der Waals surface area contributed by atoms with Crippen LogP contribution in [0.15, 0.2) is 53.4 Å². The third kappa shape index (κ3) is 3.58. The number of hydrogen-bond acceptors (Lipinski definition) is 3. The van der Waals surface area contributed by atoms with Crippen LogP contribution in [0.3, 0.4) is 0 Å². The van der Waals surface area contributed by atoms with Crippen molar-refractivity contribution in [1.82, 2.24) is 0 Å². The van der Waals surface area contributed by atoms with Crippen molar-refractivity contribution in [1.29, 1.82) is 0 Å². The topological polar surface area (TPSA) is 83.5 Å². The zero-order valence-corrected chi connectivity index (χ0v) is 13.2. The minimum atomic E-state index is -3.79. The van der Waals surface area contributed by atoms with E-state index in [1.165, 1.54) is 24.3 Å². The first-order chi connectivity index (χ1) is 10.3. The maximum atomic E-state index is 12.3. The summed E-state index contributed by atoms with van der Waals surface area (Å²) in [6.07, 6.45) is 0. The Labute approximate surface area is 133 Å². The van der Waals surface area contributed by atoms with Crippen molar-refractivity contribution in [2.75, 3.05) is 4.72 Å². The quantitative estimate of drug-likeness (QED) is 0.875. The van der Waals surface area contributed by atoms with Crippen LogP contribution < -0.4 is 4.72 Å². The minimum Gasteiger partial charge on any atom is -0.481 e. The van der Waals surface area contributed by atoms with Gasteiger partial charge < -0.3 is 5.11 Å². The van der Waals surface area contributed by atoms with E-state index in [0.29, 0.717) is 11.3 Å². The summed E-state index contributed by atoms with van der Waals surface area (Å²) in [6.45, 7) is 1.56. The van der Waals surface area contributed by atoms with E-state index in [4.69, 9.17) is 16.7 Å². The molecule has 0 bridgehead atoms. The number of carboxylic acid groups (broad SMARTS) is 1. The highest BCUT2D eigenvalue weighted by Crippen LogP contribution is 2.24. The van der Waals surface area contributed by atoms with Gasteiger partial charge in [-0.2, -0.15) is 0 Å². The molecule has 0 amide bonds. The van der Waals surface area contributed by atoms with Gasteiger partial charge in [0.05, 0.1) is 10.9 Å². The molecule has 0 aliphatic rings. The number of halogens is 1.